The molecule has 0 radical (unpaired) electrons. The number of anilines is 1. The molecule has 0 aliphatic carbocycles. The zero-order chi connectivity index (χ0) is 11.3. The molecule has 0 aliphatic heterocycles. The summed E-state index contributed by atoms with van der Waals surface area (Å²) < 4.78 is 0. The molecule has 0 unspecified atom stereocenters. The fourth-order valence-electron chi connectivity index (χ4n) is 1.54. The van der Waals surface area contributed by atoms with Crippen molar-refractivity contribution in [2.45, 2.75) is 33.6 Å². The van der Waals surface area contributed by atoms with Crippen LogP contribution >= 0.6 is 0 Å². The van der Waals surface area contributed by atoms with Crippen molar-refractivity contribution in [1.82, 2.24) is 0 Å². The van der Waals surface area contributed by atoms with Gasteiger partial charge in [-0.25, -0.2) is 0 Å². The van der Waals surface area contributed by atoms with Gasteiger partial charge in [-0.15, -0.1) is 0 Å². The van der Waals surface area contributed by atoms with E-state index in [0.29, 0.717) is 5.92 Å². The first-order valence-electron chi connectivity index (χ1n) is 5.58. The van der Waals surface area contributed by atoms with Crippen LogP contribution in [0.25, 0.3) is 0 Å². The van der Waals surface area contributed by atoms with Crippen LogP contribution in [0.1, 0.15) is 32.3 Å². The first-order valence-corrected chi connectivity index (χ1v) is 5.58. The van der Waals surface area contributed by atoms with Gasteiger partial charge in [-0.3, -0.25) is 4.99 Å². The molecule has 0 amide bonds. The second kappa shape index (κ2) is 5.54. The summed E-state index contributed by atoms with van der Waals surface area (Å²) in [6, 6.07) is 5.89. The van der Waals surface area contributed by atoms with E-state index < -0.39 is 0 Å². The van der Waals surface area contributed by atoms with Crippen LogP contribution in [0, 0.1) is 12.8 Å². The Morgan fingerprint density at radius 1 is 1.33 bits per heavy atom. The molecule has 2 nitrogen and oxygen atoms in total. The van der Waals surface area contributed by atoms with Crippen LogP contribution in [-0.2, 0) is 0 Å². The summed E-state index contributed by atoms with van der Waals surface area (Å²) in [6.45, 7) is 6.40. The number of rotatable bonds is 4. The lowest BCUT2D eigenvalue weighted by molar-refractivity contribution is 0.655. The molecule has 0 saturated carbocycles. The second-order valence-electron chi connectivity index (χ2n) is 3.87. The van der Waals surface area contributed by atoms with E-state index in [4.69, 9.17) is 5.73 Å². The Labute approximate surface area is 92.2 Å². The highest BCUT2D eigenvalue weighted by Crippen LogP contribution is 2.26. The molecule has 15 heavy (non-hydrogen) atoms. The summed E-state index contributed by atoms with van der Waals surface area (Å²) in [7, 11) is 0. The highest BCUT2D eigenvalue weighted by Gasteiger charge is 2.02. The van der Waals surface area contributed by atoms with Crippen molar-refractivity contribution in [3.05, 3.63) is 23.8 Å². The first kappa shape index (κ1) is 11.8. The van der Waals surface area contributed by atoms with Crippen LogP contribution < -0.4 is 5.73 Å². The Morgan fingerprint density at radius 2 is 2.00 bits per heavy atom. The highest BCUT2D eigenvalue weighted by molar-refractivity contribution is 5.74. The molecule has 2 N–H and O–H groups in total. The van der Waals surface area contributed by atoms with Crippen molar-refractivity contribution in [1.29, 1.82) is 0 Å². The summed E-state index contributed by atoms with van der Waals surface area (Å²) >= 11 is 0. The number of nitrogens with zero attached hydrogens (tertiary/aromatic N) is 1. The standard InChI is InChI=1S/C13H20N2/c1-4-11(5-2)9-15-13-10(3)7-6-8-12(13)14/h6-9,11H,4-5,14H2,1-3H3. The van der Waals surface area contributed by atoms with Gasteiger partial charge in [0.1, 0.15) is 0 Å². The minimum absolute atomic E-state index is 0.559. The van der Waals surface area contributed by atoms with Gasteiger partial charge in [0, 0.05) is 6.21 Å². The predicted molar refractivity (Wildman–Crippen MR) is 67.8 cm³/mol. The molecule has 0 aromatic heterocycles. The summed E-state index contributed by atoms with van der Waals surface area (Å²) in [5, 5.41) is 0. The Kier molecular flexibility index (Phi) is 4.35. The molecular formula is C13H20N2. The van der Waals surface area contributed by atoms with E-state index in [-0.39, 0.29) is 0 Å². The largest absolute Gasteiger partial charge is 0.397 e. The van der Waals surface area contributed by atoms with E-state index in [0.717, 1.165) is 29.8 Å². The second-order valence-corrected chi connectivity index (χ2v) is 3.87. The molecule has 0 aliphatic rings. The zero-order valence-corrected chi connectivity index (χ0v) is 9.83. The van der Waals surface area contributed by atoms with Gasteiger partial charge in [-0.2, -0.15) is 0 Å². The van der Waals surface area contributed by atoms with Crippen LogP contribution in [0.3, 0.4) is 0 Å². The van der Waals surface area contributed by atoms with E-state index in [2.05, 4.69) is 18.8 Å². The number of aryl methyl sites for hydroxylation is 1. The Hall–Kier alpha value is -1.31. The highest BCUT2D eigenvalue weighted by atomic mass is 14.8. The molecule has 0 fully saturated rings. The average molecular weight is 204 g/mol. The fraction of sp³-hybridized carbons (Fsp3) is 0.462. The van der Waals surface area contributed by atoms with Gasteiger partial charge in [-0.05, 0) is 37.3 Å². The summed E-state index contributed by atoms with van der Waals surface area (Å²) in [5.74, 6) is 0.559. The summed E-state index contributed by atoms with van der Waals surface area (Å²) in [6.07, 6.45) is 4.29. The van der Waals surface area contributed by atoms with Crippen LogP contribution in [0.15, 0.2) is 23.2 Å². The summed E-state index contributed by atoms with van der Waals surface area (Å²) in [4.78, 5) is 4.50. The van der Waals surface area contributed by atoms with E-state index in [1.54, 1.807) is 0 Å². The Bertz CT molecular complexity index is 318. The molecule has 0 spiro atoms. The number of benzene rings is 1. The zero-order valence-electron chi connectivity index (χ0n) is 9.83. The number of nitrogen functional groups attached to an aromatic ring is 1. The van der Waals surface area contributed by atoms with Crippen LogP contribution in [0.5, 0.6) is 0 Å². The smallest absolute Gasteiger partial charge is 0.0884 e. The third kappa shape index (κ3) is 3.08. The predicted octanol–water partition coefficient (Wildman–Crippen LogP) is 3.72. The Balaban J connectivity index is 2.88. The van der Waals surface area contributed by atoms with Gasteiger partial charge in [0.25, 0.3) is 0 Å². The van der Waals surface area contributed by atoms with Crippen molar-refractivity contribution in [3.8, 4) is 0 Å². The number of hydrogen-bond acceptors (Lipinski definition) is 2. The number of nitrogens with two attached hydrogens (primary N) is 1. The number of aliphatic imine (C=N–C) groups is 1. The van der Waals surface area contributed by atoms with Crippen molar-refractivity contribution >= 4 is 17.6 Å². The molecule has 0 bridgehead atoms. The lowest BCUT2D eigenvalue weighted by Gasteiger charge is -2.07. The molecule has 1 aromatic rings. The fourth-order valence-corrected chi connectivity index (χ4v) is 1.54. The minimum atomic E-state index is 0.559. The van der Waals surface area contributed by atoms with E-state index in [9.17, 15) is 0 Å². The number of para-hydroxylation sites is 1. The van der Waals surface area contributed by atoms with E-state index in [1.807, 2.05) is 31.3 Å². The molecule has 1 rings (SSSR count). The monoisotopic (exact) mass is 204 g/mol. The molecule has 0 atom stereocenters. The van der Waals surface area contributed by atoms with Crippen molar-refractivity contribution in [3.63, 3.8) is 0 Å². The normalized spacial score (nSPS) is 11.5. The first-order chi connectivity index (χ1) is 7.19. The number of hydrogen-bond donors (Lipinski definition) is 1. The Morgan fingerprint density at radius 3 is 2.53 bits per heavy atom. The molecule has 0 heterocycles. The molecule has 1 aromatic carbocycles. The molecular weight excluding hydrogens is 184 g/mol. The van der Waals surface area contributed by atoms with Gasteiger partial charge in [0.05, 0.1) is 11.4 Å². The maximum absolute atomic E-state index is 5.88. The third-order valence-corrected chi connectivity index (χ3v) is 2.73. The van der Waals surface area contributed by atoms with Crippen LogP contribution in [-0.4, -0.2) is 6.21 Å². The summed E-state index contributed by atoms with van der Waals surface area (Å²) in [5.41, 5.74) is 8.70. The van der Waals surface area contributed by atoms with E-state index in [1.165, 1.54) is 0 Å². The lowest BCUT2D eigenvalue weighted by atomic mass is 10.1. The quantitative estimate of drug-likeness (QED) is 0.589. The van der Waals surface area contributed by atoms with Crippen molar-refractivity contribution in [2.24, 2.45) is 10.9 Å². The molecule has 82 valence electrons. The molecule has 2 heteroatoms. The topological polar surface area (TPSA) is 38.4 Å². The SMILES string of the molecule is CCC(C=Nc1c(C)cccc1N)CC. The molecule has 0 saturated heterocycles. The van der Waals surface area contributed by atoms with Gasteiger partial charge < -0.3 is 5.73 Å². The minimum Gasteiger partial charge on any atom is -0.397 e. The van der Waals surface area contributed by atoms with Gasteiger partial charge >= 0.3 is 0 Å². The van der Waals surface area contributed by atoms with Gasteiger partial charge in [0.15, 0.2) is 0 Å². The van der Waals surface area contributed by atoms with E-state index >= 15 is 0 Å². The lowest BCUT2D eigenvalue weighted by Crippen LogP contribution is -1.97. The average Bonchev–Trinajstić information content (AvgIpc) is 2.23. The van der Waals surface area contributed by atoms with Crippen molar-refractivity contribution < 1.29 is 0 Å². The van der Waals surface area contributed by atoms with Crippen molar-refractivity contribution in [2.75, 3.05) is 5.73 Å². The maximum atomic E-state index is 5.88. The van der Waals surface area contributed by atoms with Gasteiger partial charge in [0.2, 0.25) is 0 Å². The maximum Gasteiger partial charge on any atom is 0.0884 e. The third-order valence-electron chi connectivity index (χ3n) is 2.73. The van der Waals surface area contributed by atoms with Gasteiger partial charge in [-0.1, -0.05) is 26.0 Å². The van der Waals surface area contributed by atoms with Crippen LogP contribution in [0.2, 0.25) is 0 Å². The van der Waals surface area contributed by atoms with Crippen LogP contribution in [0.4, 0.5) is 11.4 Å².